The molecule has 0 aliphatic heterocycles. The van der Waals surface area contributed by atoms with Crippen LogP contribution in [0, 0.1) is 13.8 Å². The van der Waals surface area contributed by atoms with Crippen molar-refractivity contribution >= 4 is 10.8 Å². The van der Waals surface area contributed by atoms with E-state index in [1.54, 1.807) is 0 Å². The first kappa shape index (κ1) is 13.4. The number of benzene rings is 2. The zero-order valence-electron chi connectivity index (χ0n) is 10.7. The molecule has 0 aliphatic carbocycles. The van der Waals surface area contributed by atoms with Gasteiger partial charge in [-0.2, -0.15) is 0 Å². The van der Waals surface area contributed by atoms with E-state index in [1.165, 1.54) is 33.0 Å². The van der Waals surface area contributed by atoms with Gasteiger partial charge >= 0.3 is 0 Å². The van der Waals surface area contributed by atoms with E-state index in [0.717, 1.165) is 0 Å². The van der Waals surface area contributed by atoms with E-state index in [-0.39, 0.29) is 26.2 Å². The third-order valence-electron chi connectivity index (χ3n) is 3.43. The molecule has 88 valence electrons. The Labute approximate surface area is 127 Å². The van der Waals surface area contributed by atoms with Crippen LogP contribution in [0.4, 0.5) is 0 Å². The van der Waals surface area contributed by atoms with Crippen molar-refractivity contribution in [1.82, 2.24) is 0 Å². The zero-order chi connectivity index (χ0) is 11.8. The summed E-state index contributed by atoms with van der Waals surface area (Å²) in [5, 5.41) is 2.68. The zero-order valence-corrected chi connectivity index (χ0v) is 13.2. The first-order valence-corrected chi connectivity index (χ1v) is 5.97. The van der Waals surface area contributed by atoms with Crippen LogP contribution in [0.15, 0.2) is 54.6 Å². The van der Waals surface area contributed by atoms with Crippen molar-refractivity contribution in [2.75, 3.05) is 0 Å². The predicted molar refractivity (Wildman–Crippen MR) is 74.5 cm³/mol. The fourth-order valence-corrected chi connectivity index (χ4v) is 2.28. The van der Waals surface area contributed by atoms with Gasteiger partial charge < -0.3 is 0 Å². The van der Waals surface area contributed by atoms with Crippen LogP contribution < -0.4 is 0 Å². The molecule has 0 unspecified atom stereocenters. The summed E-state index contributed by atoms with van der Waals surface area (Å²) in [5.41, 5.74) is 5.33. The number of fused-ring (bicyclic) bond motifs is 1. The second kappa shape index (κ2) is 5.28. The largest absolute Gasteiger partial charge is 0.145 e. The number of aryl methyl sites for hydroxylation is 2. The molecular formula is C17H15Zr-. The smallest absolute Gasteiger partial charge is 0 e. The van der Waals surface area contributed by atoms with Crippen LogP contribution in [0.25, 0.3) is 21.9 Å². The Morgan fingerprint density at radius 3 is 2.22 bits per heavy atom. The van der Waals surface area contributed by atoms with Gasteiger partial charge in [0.15, 0.2) is 0 Å². The first-order chi connectivity index (χ1) is 8.24. The molecule has 0 bridgehead atoms. The molecule has 1 heteroatoms. The van der Waals surface area contributed by atoms with E-state index in [4.69, 9.17) is 0 Å². The Bertz CT molecular complexity index is 624. The minimum absolute atomic E-state index is 0. The quantitative estimate of drug-likeness (QED) is 0.564. The molecule has 0 nitrogen and oxygen atoms in total. The van der Waals surface area contributed by atoms with Gasteiger partial charge in [0.1, 0.15) is 0 Å². The maximum atomic E-state index is 2.27. The third-order valence-corrected chi connectivity index (χ3v) is 3.43. The Morgan fingerprint density at radius 1 is 0.833 bits per heavy atom. The standard InChI is InChI=1S/C17H15.Zr/c1-12-8-15-10-17(11-16(15)9-13(12)2)14-6-4-3-5-7-14;/h3-11H,1-2H3;/q-1;. The molecule has 0 heterocycles. The fourth-order valence-electron chi connectivity index (χ4n) is 2.28. The minimum atomic E-state index is 0. The van der Waals surface area contributed by atoms with Gasteiger partial charge in [-0.05, 0) is 13.8 Å². The van der Waals surface area contributed by atoms with Crippen LogP contribution in [-0.2, 0) is 26.2 Å². The van der Waals surface area contributed by atoms with Crippen molar-refractivity contribution in [2.45, 2.75) is 13.8 Å². The summed E-state index contributed by atoms with van der Waals surface area (Å²) in [4.78, 5) is 0. The molecule has 0 radical (unpaired) electrons. The summed E-state index contributed by atoms with van der Waals surface area (Å²) in [6, 6.07) is 19.7. The van der Waals surface area contributed by atoms with Crippen LogP contribution in [0.2, 0.25) is 0 Å². The topological polar surface area (TPSA) is 0 Å². The van der Waals surface area contributed by atoms with Gasteiger partial charge in [0.2, 0.25) is 0 Å². The van der Waals surface area contributed by atoms with Gasteiger partial charge in [-0.1, -0.05) is 53.1 Å². The van der Waals surface area contributed by atoms with Gasteiger partial charge in [-0.3, -0.25) is 0 Å². The minimum Gasteiger partial charge on any atom is -0.145 e. The molecule has 0 N–H and O–H groups in total. The van der Waals surface area contributed by atoms with Crippen molar-refractivity contribution in [2.24, 2.45) is 0 Å². The molecule has 0 aliphatic rings. The van der Waals surface area contributed by atoms with Gasteiger partial charge in [0.05, 0.1) is 0 Å². The maximum Gasteiger partial charge on any atom is 0 e. The molecule has 0 saturated heterocycles. The molecule has 0 aromatic heterocycles. The molecule has 3 aromatic carbocycles. The molecule has 0 atom stereocenters. The Balaban J connectivity index is 0.00000120. The molecule has 0 fully saturated rings. The summed E-state index contributed by atoms with van der Waals surface area (Å²) < 4.78 is 0. The molecule has 3 rings (SSSR count). The summed E-state index contributed by atoms with van der Waals surface area (Å²) in [6.45, 7) is 4.34. The summed E-state index contributed by atoms with van der Waals surface area (Å²) in [6.07, 6.45) is 0. The Hall–Kier alpha value is -1.07. The second-order valence-corrected chi connectivity index (χ2v) is 4.68. The van der Waals surface area contributed by atoms with Crippen molar-refractivity contribution in [3.63, 3.8) is 0 Å². The molecule has 0 saturated carbocycles. The summed E-state index contributed by atoms with van der Waals surface area (Å²) in [7, 11) is 0. The van der Waals surface area contributed by atoms with E-state index in [9.17, 15) is 0 Å². The monoisotopic (exact) mass is 309 g/mol. The Morgan fingerprint density at radius 2 is 1.50 bits per heavy atom. The van der Waals surface area contributed by atoms with Crippen LogP contribution in [0.3, 0.4) is 0 Å². The normalized spacial score (nSPS) is 10.3. The van der Waals surface area contributed by atoms with Crippen LogP contribution in [0.5, 0.6) is 0 Å². The predicted octanol–water partition coefficient (Wildman–Crippen LogP) is 4.84. The van der Waals surface area contributed by atoms with Gasteiger partial charge in [0, 0.05) is 26.2 Å². The van der Waals surface area contributed by atoms with Crippen LogP contribution in [0.1, 0.15) is 11.1 Å². The van der Waals surface area contributed by atoms with Gasteiger partial charge in [-0.25, -0.2) is 0 Å². The number of hydrogen-bond acceptors (Lipinski definition) is 0. The van der Waals surface area contributed by atoms with Crippen LogP contribution in [-0.4, -0.2) is 0 Å². The molecule has 18 heavy (non-hydrogen) atoms. The van der Waals surface area contributed by atoms with E-state index < -0.39 is 0 Å². The van der Waals surface area contributed by atoms with Crippen molar-refractivity contribution in [1.29, 1.82) is 0 Å². The van der Waals surface area contributed by atoms with Crippen molar-refractivity contribution < 1.29 is 26.2 Å². The number of hydrogen-bond donors (Lipinski definition) is 0. The Kier molecular flexibility index (Phi) is 3.92. The van der Waals surface area contributed by atoms with Crippen molar-refractivity contribution in [3.8, 4) is 11.1 Å². The average Bonchev–Trinajstić information content (AvgIpc) is 2.74. The molecular weight excluding hydrogens is 295 g/mol. The van der Waals surface area contributed by atoms with E-state index >= 15 is 0 Å². The van der Waals surface area contributed by atoms with E-state index in [2.05, 4.69) is 68.4 Å². The van der Waals surface area contributed by atoms with Crippen LogP contribution >= 0.6 is 0 Å². The van der Waals surface area contributed by atoms with E-state index in [1.807, 2.05) is 0 Å². The van der Waals surface area contributed by atoms with Gasteiger partial charge in [0.25, 0.3) is 0 Å². The van der Waals surface area contributed by atoms with Gasteiger partial charge in [-0.15, -0.1) is 34.5 Å². The summed E-state index contributed by atoms with van der Waals surface area (Å²) >= 11 is 0. The molecule has 3 aromatic rings. The van der Waals surface area contributed by atoms with Crippen molar-refractivity contribution in [3.05, 3.63) is 65.7 Å². The molecule has 0 amide bonds. The second-order valence-electron chi connectivity index (χ2n) is 4.68. The average molecular weight is 311 g/mol. The first-order valence-electron chi connectivity index (χ1n) is 5.97. The fraction of sp³-hybridized carbons (Fsp3) is 0.118. The third kappa shape index (κ3) is 2.38. The SMILES string of the molecule is Cc1cc2cc(-c3ccccc3)[cH-]c2cc1C.[Zr]. The molecule has 0 spiro atoms. The maximum absolute atomic E-state index is 2.27. The number of rotatable bonds is 1. The van der Waals surface area contributed by atoms with E-state index in [0.29, 0.717) is 0 Å². The summed E-state index contributed by atoms with van der Waals surface area (Å²) in [5.74, 6) is 0.